The zero-order chi connectivity index (χ0) is 15.6. The van der Waals surface area contributed by atoms with Crippen molar-refractivity contribution in [1.82, 2.24) is 0 Å². The summed E-state index contributed by atoms with van der Waals surface area (Å²) in [6.07, 6.45) is 0.921. The van der Waals surface area contributed by atoms with Crippen LogP contribution in [0.15, 0.2) is 0 Å². The molecular weight excluding hydrogens is 304 g/mol. The lowest BCUT2D eigenvalue weighted by molar-refractivity contribution is -0.137. The molecule has 0 saturated heterocycles. The Bertz CT molecular complexity index is 376. The van der Waals surface area contributed by atoms with Crippen molar-refractivity contribution in [3.63, 3.8) is 0 Å². The van der Waals surface area contributed by atoms with E-state index in [9.17, 15) is 9.59 Å². The fraction of sp³-hybridized carbons (Fsp3) is 0.867. The SMILES string of the molecule is C.COC(=O)CS[C@H]1CC(=O)C[C@@H]1O[Si](C)(C)C(C)(C)C. The minimum atomic E-state index is -1.89. The zero-order valence-corrected chi connectivity index (χ0v) is 15.1. The Labute approximate surface area is 134 Å². The highest BCUT2D eigenvalue weighted by atomic mass is 32.2. The van der Waals surface area contributed by atoms with Crippen LogP contribution in [0.1, 0.15) is 41.0 Å². The minimum Gasteiger partial charge on any atom is -0.468 e. The third kappa shape index (κ3) is 5.75. The molecule has 0 aromatic heterocycles. The third-order valence-corrected chi connectivity index (χ3v) is 9.97. The van der Waals surface area contributed by atoms with Crippen molar-refractivity contribution >= 4 is 31.8 Å². The molecule has 0 N–H and O–H groups in total. The first-order chi connectivity index (χ1) is 9.06. The minimum absolute atomic E-state index is 0. The van der Waals surface area contributed by atoms with Crippen molar-refractivity contribution in [3.05, 3.63) is 0 Å². The van der Waals surface area contributed by atoms with Crippen molar-refractivity contribution in [2.75, 3.05) is 12.9 Å². The van der Waals surface area contributed by atoms with E-state index in [1.54, 1.807) is 0 Å². The highest BCUT2D eigenvalue weighted by molar-refractivity contribution is 8.00. The maximum Gasteiger partial charge on any atom is 0.315 e. The van der Waals surface area contributed by atoms with Crippen molar-refractivity contribution in [1.29, 1.82) is 0 Å². The normalized spacial score (nSPS) is 22.9. The van der Waals surface area contributed by atoms with Crippen LogP contribution in [0.4, 0.5) is 0 Å². The van der Waals surface area contributed by atoms with E-state index in [0.29, 0.717) is 12.8 Å². The Kier molecular flexibility index (Phi) is 7.66. The van der Waals surface area contributed by atoms with Gasteiger partial charge in [0, 0.05) is 18.1 Å². The lowest BCUT2D eigenvalue weighted by atomic mass is 10.2. The van der Waals surface area contributed by atoms with Gasteiger partial charge in [-0.3, -0.25) is 9.59 Å². The molecule has 21 heavy (non-hydrogen) atoms. The van der Waals surface area contributed by atoms with Crippen LogP contribution in [0.2, 0.25) is 18.1 Å². The van der Waals surface area contributed by atoms with Gasteiger partial charge in [0.2, 0.25) is 0 Å². The van der Waals surface area contributed by atoms with Crippen molar-refractivity contribution in [2.45, 2.75) is 70.5 Å². The molecule has 1 fully saturated rings. The number of carbonyl (C=O) groups excluding carboxylic acids is 2. The maximum absolute atomic E-state index is 11.7. The molecule has 0 spiro atoms. The van der Waals surface area contributed by atoms with Gasteiger partial charge in [-0.2, -0.15) is 0 Å². The number of thioether (sulfide) groups is 1. The van der Waals surface area contributed by atoms with Crippen molar-refractivity contribution in [3.8, 4) is 0 Å². The number of methoxy groups -OCH3 is 1. The lowest BCUT2D eigenvalue weighted by Crippen LogP contribution is -2.45. The average Bonchev–Trinajstić information content (AvgIpc) is 2.64. The smallest absolute Gasteiger partial charge is 0.315 e. The molecule has 0 bridgehead atoms. The van der Waals surface area contributed by atoms with Crippen molar-refractivity contribution in [2.24, 2.45) is 0 Å². The van der Waals surface area contributed by atoms with Crippen LogP contribution in [0.3, 0.4) is 0 Å². The van der Waals surface area contributed by atoms with Crippen LogP contribution >= 0.6 is 11.8 Å². The Morgan fingerprint density at radius 3 is 2.38 bits per heavy atom. The van der Waals surface area contributed by atoms with E-state index < -0.39 is 8.32 Å². The van der Waals surface area contributed by atoms with Gasteiger partial charge in [0.25, 0.3) is 0 Å². The number of hydrogen-bond acceptors (Lipinski definition) is 5. The molecule has 0 aromatic carbocycles. The van der Waals surface area contributed by atoms with Crippen LogP contribution in [0, 0.1) is 0 Å². The van der Waals surface area contributed by atoms with Gasteiger partial charge in [0.05, 0.1) is 19.0 Å². The summed E-state index contributed by atoms with van der Waals surface area (Å²) in [6, 6.07) is 0. The van der Waals surface area contributed by atoms with E-state index in [-0.39, 0.29) is 41.3 Å². The second kappa shape index (κ2) is 7.79. The van der Waals surface area contributed by atoms with Crippen LogP contribution in [0.25, 0.3) is 0 Å². The summed E-state index contributed by atoms with van der Waals surface area (Å²) in [5.74, 6) is 0.266. The number of esters is 1. The summed E-state index contributed by atoms with van der Waals surface area (Å²) < 4.78 is 11.0. The average molecular weight is 335 g/mol. The number of ketones is 1. The van der Waals surface area contributed by atoms with E-state index in [0.717, 1.165) is 0 Å². The van der Waals surface area contributed by atoms with E-state index in [1.165, 1.54) is 18.9 Å². The van der Waals surface area contributed by atoms with Gasteiger partial charge in [-0.1, -0.05) is 28.2 Å². The summed E-state index contributed by atoms with van der Waals surface area (Å²) in [6.45, 7) is 10.9. The second-order valence-corrected chi connectivity index (χ2v) is 12.8. The molecule has 4 nitrogen and oxygen atoms in total. The lowest BCUT2D eigenvalue weighted by Gasteiger charge is -2.39. The standard InChI is InChI=1S/C14H26O4SSi.CH4/c1-14(2,3)20(5,6)18-11-7-10(15)8-12(11)19-9-13(16)17-4;/h11-12H,7-9H2,1-6H3;1H4/t11-,12-;/m0./s1. The van der Waals surface area contributed by atoms with Crippen LogP contribution < -0.4 is 0 Å². The van der Waals surface area contributed by atoms with Gasteiger partial charge >= 0.3 is 5.97 Å². The molecular formula is C15H30O4SSi. The van der Waals surface area contributed by atoms with E-state index in [2.05, 4.69) is 38.6 Å². The molecule has 1 rings (SSSR count). The summed E-state index contributed by atoms with van der Waals surface area (Å²) in [5, 5.41) is 0.201. The first-order valence-electron chi connectivity index (χ1n) is 6.95. The fourth-order valence-corrected chi connectivity index (χ4v) is 4.46. The second-order valence-electron chi connectivity index (χ2n) is 6.79. The van der Waals surface area contributed by atoms with E-state index in [4.69, 9.17) is 4.43 Å². The summed E-state index contributed by atoms with van der Waals surface area (Å²) in [5.41, 5.74) is 0. The monoisotopic (exact) mass is 334 g/mol. The van der Waals surface area contributed by atoms with Gasteiger partial charge in [0.15, 0.2) is 8.32 Å². The third-order valence-electron chi connectivity index (χ3n) is 4.17. The molecule has 0 amide bonds. The van der Waals surface area contributed by atoms with E-state index in [1.807, 2.05) is 0 Å². The molecule has 0 unspecified atom stereocenters. The summed E-state index contributed by atoms with van der Waals surface area (Å²) in [4.78, 5) is 23.0. The molecule has 1 aliphatic rings. The quantitative estimate of drug-likeness (QED) is 0.567. The molecule has 0 aromatic rings. The summed E-state index contributed by atoms with van der Waals surface area (Å²) in [7, 11) is -0.506. The van der Waals surface area contributed by atoms with Gasteiger partial charge < -0.3 is 9.16 Å². The summed E-state index contributed by atoms with van der Waals surface area (Å²) >= 11 is 1.48. The number of hydrogen-bond donors (Lipinski definition) is 0. The topological polar surface area (TPSA) is 52.6 Å². The molecule has 0 aliphatic heterocycles. The number of ether oxygens (including phenoxy) is 1. The largest absolute Gasteiger partial charge is 0.468 e. The van der Waals surface area contributed by atoms with Crippen LogP contribution in [0.5, 0.6) is 0 Å². The predicted octanol–water partition coefficient (Wildman–Crippen LogP) is 3.65. The molecule has 0 radical (unpaired) electrons. The Morgan fingerprint density at radius 2 is 1.90 bits per heavy atom. The Morgan fingerprint density at radius 1 is 1.33 bits per heavy atom. The van der Waals surface area contributed by atoms with Gasteiger partial charge in [-0.15, -0.1) is 11.8 Å². The molecule has 1 saturated carbocycles. The highest BCUT2D eigenvalue weighted by Gasteiger charge is 2.43. The maximum atomic E-state index is 11.7. The Hall–Kier alpha value is -0.333. The van der Waals surface area contributed by atoms with Gasteiger partial charge in [0.1, 0.15) is 5.78 Å². The molecule has 0 heterocycles. The van der Waals surface area contributed by atoms with Gasteiger partial charge in [-0.05, 0) is 18.1 Å². The van der Waals surface area contributed by atoms with Gasteiger partial charge in [-0.25, -0.2) is 0 Å². The van der Waals surface area contributed by atoms with Crippen LogP contribution in [-0.4, -0.2) is 44.3 Å². The molecule has 1 aliphatic carbocycles. The Balaban J connectivity index is 0.00000400. The number of rotatable bonds is 5. The fourth-order valence-electron chi connectivity index (χ4n) is 1.87. The highest BCUT2D eigenvalue weighted by Crippen LogP contribution is 2.41. The van der Waals surface area contributed by atoms with E-state index >= 15 is 0 Å². The first-order valence-corrected chi connectivity index (χ1v) is 10.9. The zero-order valence-electron chi connectivity index (χ0n) is 13.3. The molecule has 6 heteroatoms. The molecule has 2 atom stereocenters. The van der Waals surface area contributed by atoms with Crippen molar-refractivity contribution < 1.29 is 18.8 Å². The molecule has 124 valence electrons. The van der Waals surface area contributed by atoms with Crippen LogP contribution in [-0.2, 0) is 18.8 Å². The first kappa shape index (κ1) is 20.7. The number of carbonyl (C=O) groups is 2. The predicted molar refractivity (Wildman–Crippen MR) is 91.3 cm³/mol. The number of Topliss-reactive ketones (excluding diaryl/α,β-unsaturated/α-hetero) is 1.